The molecule has 1 amide bonds. The molecule has 0 aliphatic heterocycles. The number of amides is 1. The summed E-state index contributed by atoms with van der Waals surface area (Å²) in [6.45, 7) is 0.204. The standard InChI is InChI=1S/C21H14ClF2N3O3S/c22-12-3-5-17-15(8-12)20(29)27(18-6-4-13(23)9-16(18)24)21(26-17)31-11-19(28)25-10-14-2-1-7-30-14/h1-9H,10-11H2,(H,25,28). The minimum atomic E-state index is -0.936. The van der Waals surface area contributed by atoms with E-state index in [2.05, 4.69) is 10.3 Å². The fraction of sp³-hybridized carbons (Fsp3) is 0.0952. The molecule has 0 aliphatic carbocycles. The number of hydrogen-bond donors (Lipinski definition) is 1. The second-order valence-corrected chi connectivity index (χ2v) is 7.82. The van der Waals surface area contributed by atoms with Gasteiger partial charge in [-0.15, -0.1) is 0 Å². The van der Waals surface area contributed by atoms with Gasteiger partial charge in [0.2, 0.25) is 5.91 Å². The van der Waals surface area contributed by atoms with Crippen LogP contribution in [0, 0.1) is 11.6 Å². The summed E-state index contributed by atoms with van der Waals surface area (Å²) in [4.78, 5) is 29.8. The first-order valence-corrected chi connectivity index (χ1v) is 10.4. The van der Waals surface area contributed by atoms with Gasteiger partial charge >= 0.3 is 0 Å². The van der Waals surface area contributed by atoms with Crippen molar-refractivity contribution in [3.63, 3.8) is 0 Å². The molecule has 0 spiro atoms. The lowest BCUT2D eigenvalue weighted by Crippen LogP contribution is -2.26. The van der Waals surface area contributed by atoms with Crippen LogP contribution in [0.4, 0.5) is 8.78 Å². The van der Waals surface area contributed by atoms with Gasteiger partial charge < -0.3 is 9.73 Å². The van der Waals surface area contributed by atoms with Crippen LogP contribution in [0.5, 0.6) is 0 Å². The predicted octanol–water partition coefficient (Wildman–Crippen LogP) is 4.32. The van der Waals surface area contributed by atoms with Crippen LogP contribution in [0.25, 0.3) is 16.6 Å². The van der Waals surface area contributed by atoms with Crippen molar-refractivity contribution in [2.24, 2.45) is 0 Å². The van der Waals surface area contributed by atoms with Crippen molar-refractivity contribution in [1.82, 2.24) is 14.9 Å². The molecule has 0 atom stereocenters. The van der Waals surface area contributed by atoms with E-state index in [1.165, 1.54) is 12.3 Å². The Morgan fingerprint density at radius 1 is 1.19 bits per heavy atom. The first kappa shape index (κ1) is 21.1. The number of benzene rings is 2. The number of thioether (sulfide) groups is 1. The van der Waals surface area contributed by atoms with Crippen LogP contribution >= 0.6 is 23.4 Å². The molecule has 2 aromatic heterocycles. The highest BCUT2D eigenvalue weighted by molar-refractivity contribution is 7.99. The Bertz CT molecular complexity index is 1330. The number of carbonyl (C=O) groups excluding carboxylic acids is 1. The topological polar surface area (TPSA) is 77.1 Å². The zero-order chi connectivity index (χ0) is 22.0. The van der Waals surface area contributed by atoms with Crippen molar-refractivity contribution < 1.29 is 18.0 Å². The van der Waals surface area contributed by atoms with Gasteiger partial charge in [0.15, 0.2) is 5.16 Å². The van der Waals surface area contributed by atoms with Gasteiger partial charge in [-0.3, -0.25) is 14.2 Å². The molecule has 0 radical (unpaired) electrons. The Hall–Kier alpha value is -3.17. The Morgan fingerprint density at radius 2 is 2.03 bits per heavy atom. The van der Waals surface area contributed by atoms with E-state index in [0.717, 1.165) is 28.5 Å². The third kappa shape index (κ3) is 4.62. The number of carbonyl (C=O) groups is 1. The molecule has 1 N–H and O–H groups in total. The van der Waals surface area contributed by atoms with Gasteiger partial charge in [-0.1, -0.05) is 23.4 Å². The average molecular weight is 462 g/mol. The van der Waals surface area contributed by atoms with E-state index in [1.54, 1.807) is 24.3 Å². The Morgan fingerprint density at radius 3 is 2.77 bits per heavy atom. The average Bonchev–Trinajstić information content (AvgIpc) is 3.26. The summed E-state index contributed by atoms with van der Waals surface area (Å²) >= 11 is 6.94. The summed E-state index contributed by atoms with van der Waals surface area (Å²) in [6.07, 6.45) is 1.50. The highest BCUT2D eigenvalue weighted by Crippen LogP contribution is 2.24. The number of halogens is 3. The van der Waals surface area contributed by atoms with Crippen LogP contribution in [-0.4, -0.2) is 21.2 Å². The van der Waals surface area contributed by atoms with Crippen molar-refractivity contribution in [1.29, 1.82) is 0 Å². The molecule has 2 aromatic carbocycles. The Labute approximate surface area is 183 Å². The zero-order valence-electron chi connectivity index (χ0n) is 15.8. The van der Waals surface area contributed by atoms with Gasteiger partial charge in [0.05, 0.1) is 35.2 Å². The number of furan rings is 1. The minimum absolute atomic E-state index is 0.0819. The normalized spacial score (nSPS) is 11.1. The van der Waals surface area contributed by atoms with Gasteiger partial charge in [-0.05, 0) is 42.5 Å². The monoisotopic (exact) mass is 461 g/mol. The smallest absolute Gasteiger partial charge is 0.266 e. The van der Waals surface area contributed by atoms with Gasteiger partial charge in [0.1, 0.15) is 17.4 Å². The fourth-order valence-corrected chi connectivity index (χ4v) is 3.90. The molecule has 0 saturated carbocycles. The number of aromatic nitrogens is 2. The van der Waals surface area contributed by atoms with Crippen molar-refractivity contribution in [3.05, 3.63) is 87.6 Å². The number of nitrogens with zero attached hydrogens (tertiary/aromatic N) is 2. The van der Waals surface area contributed by atoms with E-state index in [1.807, 2.05) is 0 Å². The number of hydrogen-bond acceptors (Lipinski definition) is 5. The van der Waals surface area contributed by atoms with E-state index in [-0.39, 0.29) is 34.4 Å². The molecular formula is C21H14ClF2N3O3S. The van der Waals surface area contributed by atoms with Crippen LogP contribution in [0.3, 0.4) is 0 Å². The fourth-order valence-electron chi connectivity index (χ4n) is 2.89. The maximum absolute atomic E-state index is 14.5. The van der Waals surface area contributed by atoms with Crippen LogP contribution in [-0.2, 0) is 11.3 Å². The molecule has 0 bridgehead atoms. The second kappa shape index (κ2) is 8.91. The Kier molecular flexibility index (Phi) is 6.06. The van der Waals surface area contributed by atoms with E-state index < -0.39 is 17.2 Å². The highest BCUT2D eigenvalue weighted by Gasteiger charge is 2.18. The van der Waals surface area contributed by atoms with Crippen molar-refractivity contribution in [2.75, 3.05) is 5.75 Å². The maximum atomic E-state index is 14.5. The van der Waals surface area contributed by atoms with Crippen molar-refractivity contribution >= 4 is 40.2 Å². The van der Waals surface area contributed by atoms with Crippen LogP contribution in [0.1, 0.15) is 5.76 Å². The molecule has 158 valence electrons. The summed E-state index contributed by atoms with van der Waals surface area (Å²) in [6, 6.07) is 10.8. The van der Waals surface area contributed by atoms with E-state index >= 15 is 0 Å². The highest BCUT2D eigenvalue weighted by atomic mass is 35.5. The molecule has 0 fully saturated rings. The Balaban J connectivity index is 1.70. The summed E-state index contributed by atoms with van der Waals surface area (Å²) in [5, 5.41) is 3.25. The van der Waals surface area contributed by atoms with Crippen LogP contribution in [0.2, 0.25) is 5.02 Å². The van der Waals surface area contributed by atoms with E-state index in [0.29, 0.717) is 22.4 Å². The lowest BCUT2D eigenvalue weighted by molar-refractivity contribution is -0.118. The maximum Gasteiger partial charge on any atom is 0.266 e. The SMILES string of the molecule is O=C(CSc1nc2ccc(Cl)cc2c(=O)n1-c1ccc(F)cc1F)NCc1ccco1. The summed E-state index contributed by atoms with van der Waals surface area (Å²) < 4.78 is 34.1. The van der Waals surface area contributed by atoms with Gasteiger partial charge in [-0.2, -0.15) is 0 Å². The van der Waals surface area contributed by atoms with E-state index in [9.17, 15) is 18.4 Å². The molecule has 6 nitrogen and oxygen atoms in total. The van der Waals surface area contributed by atoms with Gasteiger partial charge in [0.25, 0.3) is 5.56 Å². The molecule has 2 heterocycles. The van der Waals surface area contributed by atoms with Crippen LogP contribution in [0.15, 0.2) is 69.2 Å². The summed E-state index contributed by atoms with van der Waals surface area (Å²) in [5.41, 5.74) is -0.428. The lowest BCUT2D eigenvalue weighted by atomic mass is 10.2. The molecular weight excluding hydrogens is 448 g/mol. The third-order valence-corrected chi connectivity index (χ3v) is 5.50. The minimum Gasteiger partial charge on any atom is -0.467 e. The largest absolute Gasteiger partial charge is 0.467 e. The summed E-state index contributed by atoms with van der Waals surface area (Å²) in [5.74, 6) is -1.55. The number of rotatable bonds is 6. The molecule has 0 saturated heterocycles. The molecule has 10 heteroatoms. The lowest BCUT2D eigenvalue weighted by Gasteiger charge is -2.14. The quantitative estimate of drug-likeness (QED) is 0.342. The van der Waals surface area contributed by atoms with Gasteiger partial charge in [-0.25, -0.2) is 13.8 Å². The zero-order valence-corrected chi connectivity index (χ0v) is 17.3. The van der Waals surface area contributed by atoms with Crippen molar-refractivity contribution in [2.45, 2.75) is 11.7 Å². The molecule has 0 aliphatic rings. The molecule has 31 heavy (non-hydrogen) atoms. The first-order chi connectivity index (χ1) is 14.9. The van der Waals surface area contributed by atoms with E-state index in [4.69, 9.17) is 16.0 Å². The summed E-state index contributed by atoms with van der Waals surface area (Å²) in [7, 11) is 0. The molecule has 4 aromatic rings. The van der Waals surface area contributed by atoms with Crippen molar-refractivity contribution in [3.8, 4) is 5.69 Å². The van der Waals surface area contributed by atoms with Gasteiger partial charge in [0, 0.05) is 11.1 Å². The molecule has 0 unspecified atom stereocenters. The van der Waals surface area contributed by atoms with Crippen LogP contribution < -0.4 is 10.9 Å². The number of nitrogens with one attached hydrogen (secondary N) is 1. The second-order valence-electron chi connectivity index (χ2n) is 6.44. The first-order valence-electron chi connectivity index (χ1n) is 9.02. The predicted molar refractivity (Wildman–Crippen MR) is 114 cm³/mol. The molecule has 4 rings (SSSR count). The third-order valence-electron chi connectivity index (χ3n) is 4.32. The number of fused-ring (bicyclic) bond motifs is 1.